The number of hydrogen-bond donors (Lipinski definition) is 0. The van der Waals surface area contributed by atoms with Crippen LogP contribution in [0.15, 0.2) is 48.8 Å². The second-order valence-corrected chi connectivity index (χ2v) is 6.35. The fourth-order valence-corrected chi connectivity index (χ4v) is 3.27. The molecule has 5 nitrogen and oxygen atoms in total. The molecule has 0 N–H and O–H groups in total. The lowest BCUT2D eigenvalue weighted by molar-refractivity contribution is 0.255. The molecule has 1 fully saturated rings. The zero-order valence-corrected chi connectivity index (χ0v) is 14.4. The molecule has 4 rings (SSSR count). The normalized spacial score (nSPS) is 16.8. The van der Waals surface area contributed by atoms with Crippen molar-refractivity contribution in [2.24, 2.45) is 0 Å². The Labute approximate surface area is 154 Å². The van der Waals surface area contributed by atoms with Gasteiger partial charge in [-0.1, -0.05) is 17.7 Å². The van der Waals surface area contributed by atoms with Crippen LogP contribution in [0.2, 0.25) is 0 Å². The Morgan fingerprint density at radius 2 is 1.96 bits per heavy atom. The van der Waals surface area contributed by atoms with E-state index in [1.807, 2.05) is 25.1 Å². The summed E-state index contributed by atoms with van der Waals surface area (Å²) < 4.78 is 26.8. The zero-order chi connectivity index (χ0) is 19.1. The Hall–Kier alpha value is -3.53. The Kier molecular flexibility index (Phi) is 3.96. The number of halogens is 2. The second kappa shape index (κ2) is 6.32. The molecule has 2 aromatic carbocycles. The van der Waals surface area contributed by atoms with Gasteiger partial charge in [0.25, 0.3) is 0 Å². The van der Waals surface area contributed by atoms with Crippen LogP contribution in [-0.2, 0) is 0 Å². The number of aromatic nitrogens is 1. The average molecular weight is 364 g/mol. The van der Waals surface area contributed by atoms with Crippen molar-refractivity contribution >= 4 is 28.2 Å². The van der Waals surface area contributed by atoms with Crippen LogP contribution in [0, 0.1) is 25.1 Å². The predicted molar refractivity (Wildman–Crippen MR) is 98.4 cm³/mol. The van der Waals surface area contributed by atoms with E-state index in [0.717, 1.165) is 28.5 Å². The molecule has 1 atom stereocenters. The maximum Gasteiger partial charge on any atom is 0.335 e. The van der Waals surface area contributed by atoms with Crippen molar-refractivity contribution in [3.63, 3.8) is 0 Å². The number of fused-ring (bicyclic) bond motifs is 1. The molecule has 7 heteroatoms. The monoisotopic (exact) mass is 364 g/mol. The summed E-state index contributed by atoms with van der Waals surface area (Å²) in [6, 6.07) is 8.56. The van der Waals surface area contributed by atoms with Crippen molar-refractivity contribution < 1.29 is 13.6 Å². The number of carbonyl (C=O) groups excluding carboxylic acids is 1. The van der Waals surface area contributed by atoms with Crippen LogP contribution < -0.4 is 9.80 Å². The second-order valence-electron chi connectivity index (χ2n) is 6.35. The van der Waals surface area contributed by atoms with Gasteiger partial charge in [0.1, 0.15) is 6.54 Å². The third kappa shape index (κ3) is 2.75. The van der Waals surface area contributed by atoms with Gasteiger partial charge in [0.2, 0.25) is 0 Å². The minimum atomic E-state index is -1.04. The molecule has 1 saturated heterocycles. The molecule has 27 heavy (non-hydrogen) atoms. The summed E-state index contributed by atoms with van der Waals surface area (Å²) in [5.74, 6) is -2.03. The van der Waals surface area contributed by atoms with Gasteiger partial charge >= 0.3 is 12.2 Å². The quantitative estimate of drug-likeness (QED) is 0.628. The summed E-state index contributed by atoms with van der Waals surface area (Å²) in [4.78, 5) is 23.5. The van der Waals surface area contributed by atoms with Gasteiger partial charge in [-0.15, -0.1) is 0 Å². The number of aryl methyl sites for hydroxylation is 1. The highest BCUT2D eigenvalue weighted by atomic mass is 19.2. The highest BCUT2D eigenvalue weighted by Gasteiger charge is 2.44. The van der Waals surface area contributed by atoms with Gasteiger partial charge in [0.15, 0.2) is 11.6 Å². The molecular weight excluding hydrogens is 350 g/mol. The van der Waals surface area contributed by atoms with E-state index in [-0.39, 0.29) is 12.2 Å². The van der Waals surface area contributed by atoms with Crippen LogP contribution in [0.5, 0.6) is 0 Å². The number of benzene rings is 2. The van der Waals surface area contributed by atoms with Gasteiger partial charge in [-0.05, 0) is 25.1 Å². The molecular formula is C20H14F2N4O. The van der Waals surface area contributed by atoms with Crippen LogP contribution in [-0.4, -0.2) is 23.7 Å². The van der Waals surface area contributed by atoms with Crippen molar-refractivity contribution in [2.75, 3.05) is 16.3 Å². The van der Waals surface area contributed by atoms with Gasteiger partial charge in [-0.3, -0.25) is 14.7 Å². The molecule has 1 aliphatic heterocycles. The van der Waals surface area contributed by atoms with Crippen LogP contribution in [0.4, 0.5) is 25.0 Å². The van der Waals surface area contributed by atoms with Crippen molar-refractivity contribution in [3.8, 4) is 0 Å². The summed E-state index contributed by atoms with van der Waals surface area (Å²) in [6.07, 6.45) is 2.45. The molecule has 134 valence electrons. The van der Waals surface area contributed by atoms with Crippen molar-refractivity contribution in [2.45, 2.75) is 13.1 Å². The maximum atomic E-state index is 13.6. The van der Waals surface area contributed by atoms with E-state index in [1.54, 1.807) is 12.4 Å². The Bertz CT molecular complexity index is 1110. The molecule has 0 spiro atoms. The van der Waals surface area contributed by atoms with E-state index in [0.29, 0.717) is 5.69 Å². The summed E-state index contributed by atoms with van der Waals surface area (Å²) in [6.45, 7) is 9.49. The molecule has 1 aliphatic rings. The average Bonchev–Trinajstić information content (AvgIpc) is 3.00. The van der Waals surface area contributed by atoms with E-state index in [9.17, 15) is 13.6 Å². The van der Waals surface area contributed by atoms with Crippen LogP contribution in [0.3, 0.4) is 0 Å². The van der Waals surface area contributed by atoms with Crippen LogP contribution in [0.1, 0.15) is 5.56 Å². The highest BCUT2D eigenvalue weighted by Crippen LogP contribution is 2.34. The van der Waals surface area contributed by atoms with E-state index < -0.39 is 23.8 Å². The topological polar surface area (TPSA) is 40.8 Å². The number of pyridine rings is 1. The van der Waals surface area contributed by atoms with Gasteiger partial charge in [-0.25, -0.2) is 25.0 Å². The van der Waals surface area contributed by atoms with E-state index >= 15 is 0 Å². The maximum absolute atomic E-state index is 13.6. The molecule has 3 aromatic rings. The van der Waals surface area contributed by atoms with Crippen molar-refractivity contribution in [1.82, 2.24) is 4.98 Å². The van der Waals surface area contributed by atoms with Crippen molar-refractivity contribution in [1.29, 1.82) is 0 Å². The summed E-state index contributed by atoms with van der Waals surface area (Å²) in [7, 11) is 0. The minimum absolute atomic E-state index is 0.0512. The number of urea groups is 1. The Morgan fingerprint density at radius 3 is 2.70 bits per heavy atom. The number of hydrogen-bond acceptors (Lipinski definition) is 2. The van der Waals surface area contributed by atoms with Crippen molar-refractivity contribution in [3.05, 3.63) is 77.4 Å². The van der Waals surface area contributed by atoms with Gasteiger partial charge < -0.3 is 0 Å². The van der Waals surface area contributed by atoms with Gasteiger partial charge in [0, 0.05) is 28.7 Å². The number of carbonyl (C=O) groups is 1. The molecule has 0 unspecified atom stereocenters. The first-order valence-corrected chi connectivity index (χ1v) is 8.26. The first kappa shape index (κ1) is 16.9. The number of rotatable bonds is 2. The highest BCUT2D eigenvalue weighted by molar-refractivity contribution is 6.11. The standard InChI is InChI=1S/C20H14F2N4O/c1-12-3-4-13-9-24-10-18(15(13)7-12)26-19(23-2)11-25(20(26)27)14-5-6-16(21)17(22)8-14/h3-10,19H,11H2,1H3/t19-/m1/s1. The predicted octanol–water partition coefficient (Wildman–Crippen LogP) is 4.51. The smallest absolute Gasteiger partial charge is 0.287 e. The third-order valence-corrected chi connectivity index (χ3v) is 4.60. The fraction of sp³-hybridized carbons (Fsp3) is 0.150. The van der Waals surface area contributed by atoms with Crippen LogP contribution in [0.25, 0.3) is 15.6 Å². The lowest BCUT2D eigenvalue weighted by Crippen LogP contribution is -2.34. The van der Waals surface area contributed by atoms with Gasteiger partial charge in [0.05, 0.1) is 11.9 Å². The first-order valence-electron chi connectivity index (χ1n) is 8.26. The molecule has 0 bridgehead atoms. The largest absolute Gasteiger partial charge is 0.335 e. The molecule has 0 saturated carbocycles. The first-order chi connectivity index (χ1) is 13.0. The lowest BCUT2D eigenvalue weighted by atomic mass is 10.1. The van der Waals surface area contributed by atoms with E-state index in [4.69, 9.17) is 6.57 Å². The Balaban J connectivity index is 1.81. The third-order valence-electron chi connectivity index (χ3n) is 4.60. The molecule has 0 aliphatic carbocycles. The summed E-state index contributed by atoms with van der Waals surface area (Å²) >= 11 is 0. The molecule has 1 aromatic heterocycles. The van der Waals surface area contributed by atoms with Gasteiger partial charge in [-0.2, -0.15) is 0 Å². The van der Waals surface area contributed by atoms with E-state index in [1.165, 1.54) is 15.9 Å². The fourth-order valence-electron chi connectivity index (χ4n) is 3.27. The molecule has 2 amide bonds. The lowest BCUT2D eigenvalue weighted by Gasteiger charge is -2.19. The summed E-state index contributed by atoms with van der Waals surface area (Å²) in [5, 5.41) is 1.65. The summed E-state index contributed by atoms with van der Waals surface area (Å²) in [5.41, 5.74) is 1.74. The number of nitrogens with zero attached hydrogens (tertiary/aromatic N) is 4. The number of amides is 2. The van der Waals surface area contributed by atoms with E-state index in [2.05, 4.69) is 9.83 Å². The van der Waals surface area contributed by atoms with Crippen LogP contribution >= 0.6 is 0 Å². The SMILES string of the molecule is [C-]#[N+][C@H]1CN(c2ccc(F)c(F)c2)C(=O)N1c1cncc2ccc(C)cc12. The zero-order valence-electron chi connectivity index (χ0n) is 14.4. The molecule has 0 radical (unpaired) electrons. The molecule has 2 heterocycles. The Morgan fingerprint density at radius 1 is 1.15 bits per heavy atom. The minimum Gasteiger partial charge on any atom is -0.287 e. The number of anilines is 2.